The van der Waals surface area contributed by atoms with E-state index in [0.29, 0.717) is 11.6 Å². The van der Waals surface area contributed by atoms with Crippen molar-refractivity contribution in [2.75, 3.05) is 17.7 Å². The maximum atomic E-state index is 13.8. The number of hydrogen-bond acceptors (Lipinski definition) is 4. The molecule has 0 aromatic heterocycles. The second-order valence-corrected chi connectivity index (χ2v) is 4.99. The fourth-order valence-electron chi connectivity index (χ4n) is 1.96. The van der Waals surface area contributed by atoms with Crippen LogP contribution in [0.15, 0.2) is 41.6 Å². The van der Waals surface area contributed by atoms with Gasteiger partial charge in [0.05, 0.1) is 17.6 Å². The number of amides is 2. The van der Waals surface area contributed by atoms with Crippen molar-refractivity contribution in [1.29, 1.82) is 0 Å². The van der Waals surface area contributed by atoms with Gasteiger partial charge in [-0.25, -0.2) is 8.78 Å². The quantitative estimate of drug-likeness (QED) is 0.644. The predicted octanol–water partition coefficient (Wildman–Crippen LogP) is 3.16. The van der Waals surface area contributed by atoms with E-state index < -0.39 is 23.4 Å². The van der Waals surface area contributed by atoms with E-state index in [2.05, 4.69) is 20.6 Å². The maximum Gasteiger partial charge on any atom is 0.255 e. The van der Waals surface area contributed by atoms with Gasteiger partial charge in [0.15, 0.2) is 0 Å². The number of oxime groups is 1. The first-order valence-electron chi connectivity index (χ1n) is 7.15. The molecule has 130 valence electrons. The molecule has 0 heterocycles. The molecule has 0 fully saturated rings. The van der Waals surface area contributed by atoms with E-state index in [4.69, 9.17) is 0 Å². The molecule has 0 aliphatic heterocycles. The van der Waals surface area contributed by atoms with Crippen molar-refractivity contribution in [2.45, 2.75) is 6.92 Å². The van der Waals surface area contributed by atoms with E-state index >= 15 is 0 Å². The molecule has 2 aromatic carbocycles. The lowest BCUT2D eigenvalue weighted by Crippen LogP contribution is -2.14. The van der Waals surface area contributed by atoms with Crippen molar-refractivity contribution in [3.63, 3.8) is 0 Å². The Morgan fingerprint density at radius 1 is 1.04 bits per heavy atom. The number of hydrogen-bond donors (Lipinski definition) is 2. The van der Waals surface area contributed by atoms with Crippen LogP contribution >= 0.6 is 0 Å². The van der Waals surface area contributed by atoms with Crippen LogP contribution in [0, 0.1) is 11.6 Å². The molecule has 0 spiro atoms. The average molecular weight is 347 g/mol. The Labute approximate surface area is 142 Å². The lowest BCUT2D eigenvalue weighted by atomic mass is 10.1. The van der Waals surface area contributed by atoms with Crippen LogP contribution in [-0.4, -0.2) is 25.1 Å². The highest BCUT2D eigenvalue weighted by atomic mass is 19.1. The van der Waals surface area contributed by atoms with Gasteiger partial charge in [0.25, 0.3) is 5.91 Å². The highest BCUT2D eigenvalue weighted by molar-refractivity contribution is 6.05. The normalized spacial score (nSPS) is 10.6. The van der Waals surface area contributed by atoms with Crippen LogP contribution in [-0.2, 0) is 9.63 Å². The van der Waals surface area contributed by atoms with Gasteiger partial charge in [0, 0.05) is 18.6 Å². The molecule has 0 saturated heterocycles. The SMILES string of the molecule is CO/N=C/c1ccc(C(=O)Nc2cc(NC(C)=O)c(F)cc2F)cc1. The van der Waals surface area contributed by atoms with E-state index in [-0.39, 0.29) is 16.9 Å². The maximum absolute atomic E-state index is 13.8. The number of carbonyl (C=O) groups excluding carboxylic acids is 2. The number of nitrogens with zero attached hydrogens (tertiary/aromatic N) is 1. The lowest BCUT2D eigenvalue weighted by molar-refractivity contribution is -0.114. The smallest absolute Gasteiger partial charge is 0.255 e. The van der Waals surface area contributed by atoms with Gasteiger partial charge in [-0.15, -0.1) is 0 Å². The average Bonchev–Trinajstić information content (AvgIpc) is 2.57. The van der Waals surface area contributed by atoms with Gasteiger partial charge in [-0.05, 0) is 23.8 Å². The molecular formula is C17H15F2N3O3. The second-order valence-electron chi connectivity index (χ2n) is 4.99. The monoisotopic (exact) mass is 347 g/mol. The molecule has 2 rings (SSSR count). The van der Waals surface area contributed by atoms with Gasteiger partial charge in [0.1, 0.15) is 18.7 Å². The number of benzene rings is 2. The van der Waals surface area contributed by atoms with Crippen LogP contribution in [0.5, 0.6) is 0 Å². The second kappa shape index (κ2) is 8.00. The van der Waals surface area contributed by atoms with E-state index in [1.165, 1.54) is 32.4 Å². The molecule has 25 heavy (non-hydrogen) atoms. The fraction of sp³-hybridized carbons (Fsp3) is 0.118. The minimum absolute atomic E-state index is 0.227. The number of carbonyl (C=O) groups is 2. The standard InChI is InChI=1S/C17H15F2N3O3/c1-10(23)21-15-8-16(14(19)7-13(15)18)22-17(24)12-5-3-11(4-6-12)9-20-25-2/h3-9H,1-2H3,(H,21,23)(H,22,24)/b20-9+. The van der Waals surface area contributed by atoms with Crippen LogP contribution in [0.2, 0.25) is 0 Å². The van der Waals surface area contributed by atoms with E-state index in [1.54, 1.807) is 12.1 Å². The Morgan fingerprint density at radius 3 is 2.20 bits per heavy atom. The molecule has 0 radical (unpaired) electrons. The van der Waals surface area contributed by atoms with Gasteiger partial charge in [-0.3, -0.25) is 9.59 Å². The third-order valence-corrected chi connectivity index (χ3v) is 3.10. The number of rotatable bonds is 5. The highest BCUT2D eigenvalue weighted by Crippen LogP contribution is 2.24. The molecular weight excluding hydrogens is 332 g/mol. The van der Waals surface area contributed by atoms with Crippen LogP contribution < -0.4 is 10.6 Å². The molecule has 2 N–H and O–H groups in total. The Balaban J connectivity index is 2.19. The zero-order valence-corrected chi connectivity index (χ0v) is 13.5. The molecule has 8 heteroatoms. The summed E-state index contributed by atoms with van der Waals surface area (Å²) in [4.78, 5) is 27.8. The van der Waals surface area contributed by atoms with Crippen molar-refractivity contribution in [1.82, 2.24) is 0 Å². The highest BCUT2D eigenvalue weighted by Gasteiger charge is 2.14. The van der Waals surface area contributed by atoms with Crippen molar-refractivity contribution >= 4 is 29.4 Å². The molecule has 0 aliphatic carbocycles. The van der Waals surface area contributed by atoms with Crippen molar-refractivity contribution in [3.8, 4) is 0 Å². The van der Waals surface area contributed by atoms with Crippen molar-refractivity contribution in [3.05, 3.63) is 59.2 Å². The molecule has 0 bridgehead atoms. The third-order valence-electron chi connectivity index (χ3n) is 3.10. The largest absolute Gasteiger partial charge is 0.399 e. The fourth-order valence-corrected chi connectivity index (χ4v) is 1.96. The van der Waals surface area contributed by atoms with Gasteiger partial charge < -0.3 is 15.5 Å². The summed E-state index contributed by atoms with van der Waals surface area (Å²) >= 11 is 0. The summed E-state index contributed by atoms with van der Waals surface area (Å²) < 4.78 is 27.5. The number of halogens is 2. The molecule has 0 aliphatic rings. The molecule has 6 nitrogen and oxygen atoms in total. The minimum atomic E-state index is -0.955. The van der Waals surface area contributed by atoms with Gasteiger partial charge >= 0.3 is 0 Å². The lowest BCUT2D eigenvalue weighted by Gasteiger charge is -2.10. The van der Waals surface area contributed by atoms with E-state index in [1.807, 2.05) is 0 Å². The summed E-state index contributed by atoms with van der Waals surface area (Å²) in [6.45, 7) is 1.19. The number of anilines is 2. The summed E-state index contributed by atoms with van der Waals surface area (Å²) in [7, 11) is 1.41. The Kier molecular flexibility index (Phi) is 5.78. The summed E-state index contributed by atoms with van der Waals surface area (Å²) in [5.41, 5.74) is 0.495. The van der Waals surface area contributed by atoms with Gasteiger partial charge in [-0.2, -0.15) is 0 Å². The first-order valence-corrected chi connectivity index (χ1v) is 7.15. The van der Waals surface area contributed by atoms with Gasteiger partial charge in [0.2, 0.25) is 5.91 Å². The molecule has 0 saturated carbocycles. The van der Waals surface area contributed by atoms with E-state index in [0.717, 1.165) is 6.07 Å². The number of nitrogens with one attached hydrogen (secondary N) is 2. The van der Waals surface area contributed by atoms with Crippen LogP contribution in [0.1, 0.15) is 22.8 Å². The molecule has 2 amide bonds. The Hall–Kier alpha value is -3.29. The Morgan fingerprint density at radius 2 is 1.64 bits per heavy atom. The van der Waals surface area contributed by atoms with Gasteiger partial charge in [-0.1, -0.05) is 17.3 Å². The third kappa shape index (κ3) is 4.84. The topological polar surface area (TPSA) is 79.8 Å². The van der Waals surface area contributed by atoms with Crippen molar-refractivity contribution < 1.29 is 23.2 Å². The van der Waals surface area contributed by atoms with Crippen LogP contribution in [0.25, 0.3) is 0 Å². The van der Waals surface area contributed by atoms with Crippen LogP contribution in [0.4, 0.5) is 20.2 Å². The molecule has 2 aromatic rings. The zero-order valence-electron chi connectivity index (χ0n) is 13.5. The minimum Gasteiger partial charge on any atom is -0.399 e. The molecule has 0 unspecified atom stereocenters. The Bertz CT molecular complexity index is 821. The van der Waals surface area contributed by atoms with Crippen molar-refractivity contribution in [2.24, 2.45) is 5.16 Å². The molecule has 0 atom stereocenters. The first-order chi connectivity index (χ1) is 11.9. The summed E-state index contributed by atoms with van der Waals surface area (Å²) in [5.74, 6) is -3.00. The summed E-state index contributed by atoms with van der Waals surface area (Å²) in [5, 5.41) is 8.15. The first kappa shape index (κ1) is 18.1. The summed E-state index contributed by atoms with van der Waals surface area (Å²) in [6.07, 6.45) is 1.46. The summed E-state index contributed by atoms with van der Waals surface area (Å²) in [6, 6.07) is 7.89. The van der Waals surface area contributed by atoms with Crippen LogP contribution in [0.3, 0.4) is 0 Å². The zero-order chi connectivity index (χ0) is 18.4. The predicted molar refractivity (Wildman–Crippen MR) is 89.7 cm³/mol. The van der Waals surface area contributed by atoms with E-state index in [9.17, 15) is 18.4 Å².